The second-order valence-electron chi connectivity index (χ2n) is 5.24. The van der Waals surface area contributed by atoms with Crippen molar-refractivity contribution in [2.45, 2.75) is 17.3 Å². The molecule has 2 aliphatic rings. The number of hydrogen-bond donors (Lipinski definition) is 1. The van der Waals surface area contributed by atoms with Crippen molar-refractivity contribution in [2.24, 2.45) is 5.92 Å². The molecule has 0 aromatic rings. The van der Waals surface area contributed by atoms with Crippen molar-refractivity contribution < 1.29 is 0 Å². The fourth-order valence-electron chi connectivity index (χ4n) is 2.75. The summed E-state index contributed by atoms with van der Waals surface area (Å²) in [4.78, 5) is 5.27. The van der Waals surface area contributed by atoms with Crippen molar-refractivity contribution >= 4 is 22.6 Å². The molecule has 0 amide bonds. The molecule has 0 spiro atoms. The molecule has 2 atom stereocenters. The van der Waals surface area contributed by atoms with E-state index in [-0.39, 0.29) is 0 Å². The van der Waals surface area contributed by atoms with E-state index < -0.39 is 0 Å². The maximum atomic E-state index is 3.46. The van der Waals surface area contributed by atoms with Crippen LogP contribution in [0, 0.1) is 5.92 Å². The number of nitrogens with zero attached hydrogens (tertiary/aromatic N) is 2. The van der Waals surface area contributed by atoms with Crippen LogP contribution in [0.4, 0.5) is 0 Å². The van der Waals surface area contributed by atoms with Gasteiger partial charge in [-0.3, -0.25) is 4.90 Å². The summed E-state index contributed by atoms with van der Waals surface area (Å²) in [6.45, 7) is 12.5. The molecule has 16 heavy (non-hydrogen) atoms. The number of piperazine rings is 1. The van der Waals surface area contributed by atoms with Crippen LogP contribution in [0.1, 0.15) is 13.3 Å². The van der Waals surface area contributed by atoms with Crippen molar-refractivity contribution in [3.8, 4) is 0 Å². The van der Waals surface area contributed by atoms with Crippen LogP contribution >= 0.6 is 22.6 Å². The average Bonchev–Trinajstić information content (AvgIpc) is 2.73. The van der Waals surface area contributed by atoms with Gasteiger partial charge in [0.25, 0.3) is 0 Å². The van der Waals surface area contributed by atoms with E-state index in [1.807, 2.05) is 0 Å². The maximum absolute atomic E-state index is 3.46. The third-order valence-electron chi connectivity index (χ3n) is 3.65. The van der Waals surface area contributed by atoms with Crippen LogP contribution < -0.4 is 5.32 Å². The fourth-order valence-corrected chi connectivity index (χ4v) is 3.30. The molecule has 0 aromatic carbocycles. The van der Waals surface area contributed by atoms with Crippen LogP contribution in [0.3, 0.4) is 0 Å². The zero-order valence-electron chi connectivity index (χ0n) is 10.3. The van der Waals surface area contributed by atoms with E-state index >= 15 is 0 Å². The second kappa shape index (κ2) is 6.52. The lowest BCUT2D eigenvalue weighted by Crippen LogP contribution is -2.49. The molecule has 2 aliphatic heterocycles. The number of halogens is 1. The predicted molar refractivity (Wildman–Crippen MR) is 77.3 cm³/mol. The molecule has 2 heterocycles. The molecule has 94 valence electrons. The van der Waals surface area contributed by atoms with E-state index in [0.717, 1.165) is 9.84 Å². The van der Waals surface area contributed by atoms with Gasteiger partial charge >= 0.3 is 0 Å². The highest BCUT2D eigenvalue weighted by molar-refractivity contribution is 14.1. The third-order valence-corrected chi connectivity index (χ3v) is 4.05. The molecular weight excluding hydrogens is 313 g/mol. The Morgan fingerprint density at radius 3 is 2.50 bits per heavy atom. The quantitative estimate of drug-likeness (QED) is 0.611. The summed E-state index contributed by atoms with van der Waals surface area (Å²) in [5.41, 5.74) is 0. The highest BCUT2D eigenvalue weighted by Gasteiger charge is 2.22. The first-order valence-corrected chi connectivity index (χ1v) is 7.78. The summed E-state index contributed by atoms with van der Waals surface area (Å²) in [6.07, 6.45) is 1.38. The lowest BCUT2D eigenvalue weighted by Gasteiger charge is -2.36. The maximum Gasteiger partial charge on any atom is 0.0209 e. The summed E-state index contributed by atoms with van der Waals surface area (Å²) in [5, 5.41) is 3.46. The number of rotatable bonds is 4. The van der Waals surface area contributed by atoms with Gasteiger partial charge in [0.1, 0.15) is 0 Å². The number of alkyl halides is 1. The highest BCUT2D eigenvalue weighted by Crippen LogP contribution is 2.12. The van der Waals surface area contributed by atoms with Crippen LogP contribution in [0.2, 0.25) is 0 Å². The van der Waals surface area contributed by atoms with E-state index in [4.69, 9.17) is 0 Å². The Hall–Kier alpha value is 0.610. The van der Waals surface area contributed by atoms with Crippen LogP contribution in [0.25, 0.3) is 0 Å². The Kier molecular flexibility index (Phi) is 5.32. The molecule has 0 aliphatic carbocycles. The smallest absolute Gasteiger partial charge is 0.0209 e. The van der Waals surface area contributed by atoms with E-state index in [2.05, 4.69) is 44.6 Å². The minimum atomic E-state index is 0.781. The van der Waals surface area contributed by atoms with Gasteiger partial charge in [-0.15, -0.1) is 0 Å². The first-order valence-electron chi connectivity index (χ1n) is 6.53. The van der Waals surface area contributed by atoms with Gasteiger partial charge < -0.3 is 10.2 Å². The lowest BCUT2D eigenvalue weighted by atomic mass is 10.1. The summed E-state index contributed by atoms with van der Waals surface area (Å²) >= 11 is 2.53. The monoisotopic (exact) mass is 337 g/mol. The fraction of sp³-hybridized carbons (Fsp3) is 1.00. The van der Waals surface area contributed by atoms with Crippen molar-refractivity contribution in [3.63, 3.8) is 0 Å². The van der Waals surface area contributed by atoms with Crippen LogP contribution in [0.5, 0.6) is 0 Å². The SMILES string of the molecule is C[C@@H](I)CN1CCN(CC2CCNC2)CC1. The van der Waals surface area contributed by atoms with Crippen molar-refractivity contribution in [1.29, 1.82) is 0 Å². The molecule has 0 saturated carbocycles. The zero-order valence-corrected chi connectivity index (χ0v) is 12.4. The van der Waals surface area contributed by atoms with Crippen LogP contribution in [-0.2, 0) is 0 Å². The van der Waals surface area contributed by atoms with Crippen molar-refractivity contribution in [3.05, 3.63) is 0 Å². The van der Waals surface area contributed by atoms with E-state index in [9.17, 15) is 0 Å². The van der Waals surface area contributed by atoms with Crippen LogP contribution in [-0.4, -0.2) is 66.1 Å². The van der Waals surface area contributed by atoms with Gasteiger partial charge in [0.15, 0.2) is 0 Å². The normalized spacial score (nSPS) is 30.8. The predicted octanol–water partition coefficient (Wildman–Crippen LogP) is 1.04. The van der Waals surface area contributed by atoms with Gasteiger partial charge in [-0.1, -0.05) is 29.5 Å². The first kappa shape index (κ1) is 13.1. The van der Waals surface area contributed by atoms with Gasteiger partial charge in [0.05, 0.1) is 0 Å². The zero-order chi connectivity index (χ0) is 11.4. The Morgan fingerprint density at radius 2 is 1.94 bits per heavy atom. The van der Waals surface area contributed by atoms with Gasteiger partial charge in [-0.05, 0) is 25.4 Å². The third kappa shape index (κ3) is 4.13. The molecule has 4 heteroatoms. The number of nitrogens with one attached hydrogen (secondary N) is 1. The average molecular weight is 337 g/mol. The summed E-state index contributed by atoms with van der Waals surface area (Å²) in [5.74, 6) is 0.912. The van der Waals surface area contributed by atoms with Gasteiger partial charge in [-0.2, -0.15) is 0 Å². The van der Waals surface area contributed by atoms with Crippen molar-refractivity contribution in [1.82, 2.24) is 15.1 Å². The summed E-state index contributed by atoms with van der Waals surface area (Å²) < 4.78 is 0.781. The Labute approximate surface area is 113 Å². The van der Waals surface area contributed by atoms with Gasteiger partial charge in [0, 0.05) is 43.2 Å². The van der Waals surface area contributed by atoms with Crippen molar-refractivity contribution in [2.75, 3.05) is 52.4 Å². The molecule has 1 unspecified atom stereocenters. The lowest BCUT2D eigenvalue weighted by molar-refractivity contribution is 0.122. The van der Waals surface area contributed by atoms with Gasteiger partial charge in [-0.25, -0.2) is 0 Å². The van der Waals surface area contributed by atoms with Crippen LogP contribution in [0.15, 0.2) is 0 Å². The van der Waals surface area contributed by atoms with E-state index in [1.165, 1.54) is 58.8 Å². The minimum Gasteiger partial charge on any atom is -0.316 e. The molecule has 1 N–H and O–H groups in total. The molecule has 0 radical (unpaired) electrons. The standard InChI is InChI=1S/C12H24IN3/c1-11(13)9-15-4-6-16(7-5-15)10-12-2-3-14-8-12/h11-12,14H,2-10H2,1H3/t11-,12?/m1/s1. The minimum absolute atomic E-state index is 0.781. The summed E-state index contributed by atoms with van der Waals surface area (Å²) in [6, 6.07) is 0. The molecular formula is C12H24IN3. The Morgan fingerprint density at radius 1 is 1.25 bits per heavy atom. The van der Waals surface area contributed by atoms with E-state index in [0.29, 0.717) is 0 Å². The molecule has 0 aromatic heterocycles. The first-order chi connectivity index (χ1) is 7.74. The molecule has 2 rings (SSSR count). The molecule has 2 saturated heterocycles. The molecule has 2 fully saturated rings. The second-order valence-corrected chi connectivity index (χ2v) is 7.37. The largest absolute Gasteiger partial charge is 0.316 e. The molecule has 0 bridgehead atoms. The highest BCUT2D eigenvalue weighted by atomic mass is 127. The van der Waals surface area contributed by atoms with Gasteiger partial charge in [0.2, 0.25) is 0 Å². The summed E-state index contributed by atoms with van der Waals surface area (Å²) in [7, 11) is 0. The Bertz CT molecular complexity index is 196. The molecule has 3 nitrogen and oxygen atoms in total. The van der Waals surface area contributed by atoms with E-state index in [1.54, 1.807) is 0 Å². The Balaban J connectivity index is 1.64. The topological polar surface area (TPSA) is 18.5 Å². The number of hydrogen-bond acceptors (Lipinski definition) is 3.